The van der Waals surface area contributed by atoms with Gasteiger partial charge in [-0.15, -0.1) is 0 Å². The maximum Gasteiger partial charge on any atom is 0.414 e. The molecule has 2 aliphatic heterocycles. The number of ether oxygens (including phenoxy) is 1. The number of aromatic carboxylic acids is 1. The van der Waals surface area contributed by atoms with Crippen molar-refractivity contribution in [3.63, 3.8) is 0 Å². The molecule has 30 heavy (non-hydrogen) atoms. The largest absolute Gasteiger partial charge is 0.478 e. The molecule has 1 saturated carbocycles. The van der Waals surface area contributed by atoms with Gasteiger partial charge in [0.15, 0.2) is 0 Å². The highest BCUT2D eigenvalue weighted by atomic mass is 19.1. The van der Waals surface area contributed by atoms with Crippen molar-refractivity contribution in [1.29, 1.82) is 0 Å². The molecule has 0 radical (unpaired) electrons. The Morgan fingerprint density at radius 1 is 1.13 bits per heavy atom. The lowest BCUT2D eigenvalue weighted by Gasteiger charge is -2.22. The van der Waals surface area contributed by atoms with E-state index in [0.29, 0.717) is 29.0 Å². The van der Waals surface area contributed by atoms with Crippen LogP contribution in [0.3, 0.4) is 0 Å². The van der Waals surface area contributed by atoms with E-state index < -0.39 is 23.3 Å². The first-order valence-electron chi connectivity index (χ1n) is 9.63. The van der Waals surface area contributed by atoms with Gasteiger partial charge in [-0.05, 0) is 53.8 Å². The molecule has 2 heterocycles. The summed E-state index contributed by atoms with van der Waals surface area (Å²) in [6.45, 7) is 4.41. The molecule has 1 N–H and O–H groups in total. The van der Waals surface area contributed by atoms with Crippen LogP contribution in [-0.4, -0.2) is 36.2 Å². The third-order valence-electron chi connectivity index (χ3n) is 6.45. The minimum atomic E-state index is -1.18. The molecule has 0 unspecified atom stereocenters. The van der Waals surface area contributed by atoms with E-state index in [0.717, 1.165) is 0 Å². The topological polar surface area (TPSA) is 87.2 Å². The van der Waals surface area contributed by atoms with Crippen molar-refractivity contribution >= 4 is 35.0 Å². The first kappa shape index (κ1) is 18.6. The van der Waals surface area contributed by atoms with E-state index in [2.05, 4.69) is 0 Å². The molecule has 2 fully saturated rings. The number of carboxylic acids is 1. The van der Waals surface area contributed by atoms with Crippen LogP contribution < -0.4 is 9.80 Å². The van der Waals surface area contributed by atoms with Crippen LogP contribution in [-0.2, 0) is 14.9 Å². The Bertz CT molecular complexity index is 1140. The molecule has 8 heteroatoms. The molecule has 3 aliphatic rings. The fourth-order valence-corrected chi connectivity index (χ4v) is 4.79. The quantitative estimate of drug-likeness (QED) is 0.831. The van der Waals surface area contributed by atoms with E-state index >= 15 is 0 Å². The van der Waals surface area contributed by atoms with E-state index in [9.17, 15) is 23.9 Å². The maximum absolute atomic E-state index is 14.1. The van der Waals surface area contributed by atoms with E-state index in [-0.39, 0.29) is 30.0 Å². The van der Waals surface area contributed by atoms with Crippen molar-refractivity contribution in [2.75, 3.05) is 23.0 Å². The van der Waals surface area contributed by atoms with E-state index in [1.807, 2.05) is 13.8 Å². The summed E-state index contributed by atoms with van der Waals surface area (Å²) in [5.41, 5.74) is 0.561. The zero-order chi connectivity index (χ0) is 21.4. The molecule has 7 nitrogen and oxygen atoms in total. The highest BCUT2D eigenvalue weighted by Gasteiger charge is 2.72. The Morgan fingerprint density at radius 2 is 1.83 bits per heavy atom. The van der Waals surface area contributed by atoms with Gasteiger partial charge in [-0.3, -0.25) is 14.6 Å². The van der Waals surface area contributed by atoms with E-state index in [1.54, 1.807) is 12.1 Å². The van der Waals surface area contributed by atoms with Gasteiger partial charge in [-0.1, -0.05) is 13.8 Å². The number of amides is 2. The van der Waals surface area contributed by atoms with Crippen LogP contribution in [0.1, 0.15) is 36.2 Å². The van der Waals surface area contributed by atoms with Gasteiger partial charge in [-0.25, -0.2) is 14.0 Å². The van der Waals surface area contributed by atoms with Crippen LogP contribution >= 0.6 is 0 Å². The Balaban J connectivity index is 1.69. The molecule has 1 aliphatic carbocycles. The number of cyclic esters (lactones) is 1. The van der Waals surface area contributed by atoms with Crippen molar-refractivity contribution < 1.29 is 28.6 Å². The molecule has 2 amide bonds. The van der Waals surface area contributed by atoms with Crippen LogP contribution in [0.5, 0.6) is 0 Å². The van der Waals surface area contributed by atoms with Crippen molar-refractivity contribution in [2.45, 2.75) is 25.7 Å². The van der Waals surface area contributed by atoms with Crippen molar-refractivity contribution in [3.05, 3.63) is 53.3 Å². The monoisotopic (exact) mass is 410 g/mol. The number of rotatable bonds is 3. The van der Waals surface area contributed by atoms with Crippen LogP contribution in [0.25, 0.3) is 0 Å². The summed E-state index contributed by atoms with van der Waals surface area (Å²) in [6.07, 6.45) is 0.00825. The van der Waals surface area contributed by atoms with Crippen molar-refractivity contribution in [2.24, 2.45) is 5.41 Å². The second-order valence-electron chi connectivity index (χ2n) is 8.58. The van der Waals surface area contributed by atoms with Gasteiger partial charge in [0, 0.05) is 0 Å². The number of hydrogen-bond acceptors (Lipinski definition) is 4. The van der Waals surface area contributed by atoms with E-state index in [4.69, 9.17) is 4.74 Å². The second kappa shape index (κ2) is 5.81. The molecule has 0 bridgehead atoms. The summed E-state index contributed by atoms with van der Waals surface area (Å²) in [7, 11) is 0. The van der Waals surface area contributed by atoms with Crippen molar-refractivity contribution in [1.82, 2.24) is 0 Å². The molecule has 1 spiro atoms. The van der Waals surface area contributed by atoms with Gasteiger partial charge in [0.1, 0.15) is 12.4 Å². The van der Waals surface area contributed by atoms with Gasteiger partial charge in [0.05, 0.1) is 34.6 Å². The standard InChI is InChI=1S/C22H19FN2O5/c1-21(2)11-22(21)16-9-13(23)3-4-17(16)25(19(22)28)15-8-12(18(26)27)7-14(10-15)24-5-6-30-20(24)29/h3-4,7-10H,5-6,11H2,1-2H3,(H,26,27)/t22-/m0/s1. The normalized spacial score (nSPS) is 23.7. The lowest BCUT2D eigenvalue weighted by atomic mass is 9.89. The third-order valence-corrected chi connectivity index (χ3v) is 6.45. The minimum absolute atomic E-state index is 0.0605. The minimum Gasteiger partial charge on any atom is -0.478 e. The lowest BCUT2D eigenvalue weighted by Crippen LogP contribution is -2.31. The SMILES string of the molecule is CC1(C)C[C@]12C(=O)N(c1cc(C(=O)O)cc(N3CCOC3=O)c1)c1ccc(F)cc12. The summed E-state index contributed by atoms with van der Waals surface area (Å²) in [5.74, 6) is -1.83. The van der Waals surface area contributed by atoms with Gasteiger partial charge in [-0.2, -0.15) is 0 Å². The number of anilines is 3. The zero-order valence-electron chi connectivity index (χ0n) is 16.4. The van der Waals surface area contributed by atoms with Crippen LogP contribution in [0.4, 0.5) is 26.2 Å². The number of carbonyl (C=O) groups is 3. The smallest absolute Gasteiger partial charge is 0.414 e. The summed E-state index contributed by atoms with van der Waals surface area (Å²) in [4.78, 5) is 40.1. The van der Waals surface area contributed by atoms with Gasteiger partial charge >= 0.3 is 12.1 Å². The van der Waals surface area contributed by atoms with Crippen LogP contribution in [0.2, 0.25) is 0 Å². The van der Waals surface area contributed by atoms with Gasteiger partial charge in [0.25, 0.3) is 0 Å². The number of fused-ring (bicyclic) bond motifs is 2. The molecule has 0 aromatic heterocycles. The fraction of sp³-hybridized carbons (Fsp3) is 0.318. The van der Waals surface area contributed by atoms with Crippen molar-refractivity contribution in [3.8, 4) is 0 Å². The van der Waals surface area contributed by atoms with Crippen LogP contribution in [0, 0.1) is 11.2 Å². The summed E-state index contributed by atoms with van der Waals surface area (Å²) in [5, 5.41) is 9.59. The predicted octanol–water partition coefficient (Wildman–Crippen LogP) is 3.83. The fourth-order valence-electron chi connectivity index (χ4n) is 4.79. The number of benzene rings is 2. The predicted molar refractivity (Wildman–Crippen MR) is 106 cm³/mol. The Kier molecular flexibility index (Phi) is 3.60. The number of hydrogen-bond donors (Lipinski definition) is 1. The molecule has 2 aromatic carbocycles. The molecular weight excluding hydrogens is 391 g/mol. The number of carbonyl (C=O) groups excluding carboxylic acids is 2. The highest BCUT2D eigenvalue weighted by molar-refractivity contribution is 6.16. The molecular formula is C22H19FN2O5. The zero-order valence-corrected chi connectivity index (χ0v) is 16.4. The lowest BCUT2D eigenvalue weighted by molar-refractivity contribution is -0.120. The van der Waals surface area contributed by atoms with E-state index in [1.165, 1.54) is 34.1 Å². The average molecular weight is 410 g/mol. The molecule has 1 atom stereocenters. The maximum atomic E-state index is 14.1. The van der Waals surface area contributed by atoms with Gasteiger partial charge < -0.3 is 9.84 Å². The van der Waals surface area contributed by atoms with Gasteiger partial charge in [0.2, 0.25) is 5.91 Å². The number of nitrogens with zero attached hydrogens (tertiary/aromatic N) is 2. The Morgan fingerprint density at radius 3 is 2.43 bits per heavy atom. The molecule has 2 aromatic rings. The third kappa shape index (κ3) is 2.33. The molecule has 5 rings (SSSR count). The second-order valence-corrected chi connectivity index (χ2v) is 8.58. The highest BCUT2D eigenvalue weighted by Crippen LogP contribution is 2.70. The number of carboxylic acid groups (broad SMARTS) is 1. The molecule has 154 valence electrons. The van der Waals surface area contributed by atoms with Crippen LogP contribution in [0.15, 0.2) is 36.4 Å². The summed E-state index contributed by atoms with van der Waals surface area (Å²) < 4.78 is 19.0. The number of halogens is 1. The Labute approximate surface area is 171 Å². The first-order chi connectivity index (χ1) is 14.2. The average Bonchev–Trinajstić information content (AvgIpc) is 2.95. The summed E-state index contributed by atoms with van der Waals surface area (Å²) in [6, 6.07) is 8.59. The summed E-state index contributed by atoms with van der Waals surface area (Å²) >= 11 is 0. The molecule has 1 saturated heterocycles. The Hall–Kier alpha value is -3.42. The first-order valence-corrected chi connectivity index (χ1v) is 9.63.